The van der Waals surface area contributed by atoms with E-state index in [2.05, 4.69) is 4.72 Å². The van der Waals surface area contributed by atoms with Crippen molar-refractivity contribution in [2.24, 2.45) is 0 Å². The predicted octanol–water partition coefficient (Wildman–Crippen LogP) is 2.94. The molecule has 0 aliphatic rings. The van der Waals surface area contributed by atoms with Crippen molar-refractivity contribution in [2.45, 2.75) is 4.90 Å². The van der Waals surface area contributed by atoms with Gasteiger partial charge < -0.3 is 4.74 Å². The maximum absolute atomic E-state index is 12.1. The van der Waals surface area contributed by atoms with Crippen molar-refractivity contribution >= 4 is 45.0 Å². The van der Waals surface area contributed by atoms with Crippen LogP contribution >= 0.6 is 23.2 Å². The van der Waals surface area contributed by atoms with Crippen LogP contribution in [0.3, 0.4) is 0 Å². The first-order chi connectivity index (χ1) is 11.7. The van der Waals surface area contributed by atoms with E-state index in [9.17, 15) is 18.0 Å². The van der Waals surface area contributed by atoms with Crippen LogP contribution in [0.15, 0.2) is 47.4 Å². The van der Waals surface area contributed by atoms with Crippen molar-refractivity contribution in [3.8, 4) is 0 Å². The lowest BCUT2D eigenvalue weighted by atomic mass is 10.1. The molecule has 0 aliphatic heterocycles. The number of hydrogen-bond acceptors (Lipinski definition) is 5. The second-order valence-electron chi connectivity index (χ2n) is 4.86. The van der Waals surface area contributed by atoms with E-state index in [1.165, 1.54) is 31.3 Å². The molecule has 9 heteroatoms. The van der Waals surface area contributed by atoms with E-state index in [4.69, 9.17) is 27.9 Å². The first kappa shape index (κ1) is 19.4. The number of ketones is 1. The Morgan fingerprint density at radius 1 is 1.08 bits per heavy atom. The SMILES string of the molecule is CNS(=O)(=O)c1ccc(Cl)c(C(=O)OCC(=O)c2ccc(Cl)cc2)c1. The van der Waals surface area contributed by atoms with Gasteiger partial charge in [-0.2, -0.15) is 0 Å². The number of carbonyl (C=O) groups excluding carboxylic acids is 2. The highest BCUT2D eigenvalue weighted by Crippen LogP contribution is 2.21. The highest BCUT2D eigenvalue weighted by molar-refractivity contribution is 7.89. The molecule has 0 saturated carbocycles. The van der Waals surface area contributed by atoms with Crippen LogP contribution in [0.4, 0.5) is 0 Å². The Balaban J connectivity index is 2.14. The van der Waals surface area contributed by atoms with E-state index in [1.807, 2.05) is 0 Å². The van der Waals surface area contributed by atoms with E-state index in [1.54, 1.807) is 12.1 Å². The third kappa shape index (κ3) is 4.79. The Bertz CT molecular complexity index is 911. The summed E-state index contributed by atoms with van der Waals surface area (Å²) in [6.07, 6.45) is 0. The number of ether oxygens (including phenoxy) is 1. The highest BCUT2D eigenvalue weighted by Gasteiger charge is 2.19. The van der Waals surface area contributed by atoms with Crippen LogP contribution in [0.1, 0.15) is 20.7 Å². The summed E-state index contributed by atoms with van der Waals surface area (Å²) in [7, 11) is -2.50. The molecule has 0 heterocycles. The Hall–Kier alpha value is -1.93. The summed E-state index contributed by atoms with van der Waals surface area (Å²) in [6, 6.07) is 9.70. The van der Waals surface area contributed by atoms with E-state index < -0.39 is 28.4 Å². The summed E-state index contributed by atoms with van der Waals surface area (Å²) in [6.45, 7) is -0.514. The second kappa shape index (κ2) is 7.97. The average Bonchev–Trinajstić information content (AvgIpc) is 2.60. The lowest BCUT2D eigenvalue weighted by Gasteiger charge is -2.08. The van der Waals surface area contributed by atoms with Gasteiger partial charge in [-0.25, -0.2) is 17.9 Å². The number of sulfonamides is 1. The van der Waals surface area contributed by atoms with Gasteiger partial charge in [0.05, 0.1) is 15.5 Å². The van der Waals surface area contributed by atoms with Crippen molar-refractivity contribution in [1.29, 1.82) is 0 Å². The van der Waals surface area contributed by atoms with Gasteiger partial charge in [0.15, 0.2) is 12.4 Å². The third-order valence-electron chi connectivity index (χ3n) is 3.24. The molecule has 0 radical (unpaired) electrons. The molecule has 2 aromatic carbocycles. The maximum Gasteiger partial charge on any atom is 0.340 e. The van der Waals surface area contributed by atoms with Gasteiger partial charge in [-0.3, -0.25) is 4.79 Å². The molecule has 1 N–H and O–H groups in total. The molecule has 2 rings (SSSR count). The van der Waals surface area contributed by atoms with E-state index in [-0.39, 0.29) is 15.5 Å². The predicted molar refractivity (Wildman–Crippen MR) is 93.8 cm³/mol. The number of halogens is 2. The number of Topliss-reactive ketones (excluding diaryl/α,β-unsaturated/α-hetero) is 1. The van der Waals surface area contributed by atoms with Crippen LogP contribution in [0, 0.1) is 0 Å². The molecule has 0 unspecified atom stereocenters. The monoisotopic (exact) mass is 401 g/mol. The van der Waals surface area contributed by atoms with Crippen molar-refractivity contribution in [2.75, 3.05) is 13.7 Å². The zero-order valence-corrected chi connectivity index (χ0v) is 15.3. The standard InChI is InChI=1S/C16H13Cl2NO5S/c1-19-25(22,23)12-6-7-14(18)13(8-12)16(21)24-9-15(20)10-2-4-11(17)5-3-10/h2-8,19H,9H2,1H3. The minimum atomic E-state index is -3.75. The molecule has 2 aromatic rings. The van der Waals surface area contributed by atoms with Crippen molar-refractivity contribution in [3.05, 3.63) is 63.6 Å². The molecule has 0 bridgehead atoms. The zero-order chi connectivity index (χ0) is 18.6. The minimum Gasteiger partial charge on any atom is -0.454 e. The maximum atomic E-state index is 12.1. The largest absolute Gasteiger partial charge is 0.454 e. The van der Waals surface area contributed by atoms with Crippen LogP contribution in [0.2, 0.25) is 10.0 Å². The Labute approximate surface area is 154 Å². The first-order valence-electron chi connectivity index (χ1n) is 6.93. The van der Waals surface area contributed by atoms with Crippen LogP contribution < -0.4 is 4.72 Å². The minimum absolute atomic E-state index is 0.0130. The first-order valence-corrected chi connectivity index (χ1v) is 9.17. The molecule has 0 saturated heterocycles. The summed E-state index contributed by atoms with van der Waals surface area (Å²) >= 11 is 11.7. The fourth-order valence-electron chi connectivity index (χ4n) is 1.87. The molecule has 25 heavy (non-hydrogen) atoms. The quantitative estimate of drug-likeness (QED) is 0.593. The lowest BCUT2D eigenvalue weighted by molar-refractivity contribution is 0.0474. The number of hydrogen-bond donors (Lipinski definition) is 1. The molecule has 0 atom stereocenters. The molecule has 0 amide bonds. The normalized spacial score (nSPS) is 11.2. The van der Waals surface area contributed by atoms with Crippen LogP contribution in [0.5, 0.6) is 0 Å². The van der Waals surface area contributed by atoms with Gasteiger partial charge in [0.25, 0.3) is 0 Å². The summed E-state index contributed by atoms with van der Waals surface area (Å²) in [5, 5.41) is 0.488. The fourth-order valence-corrected chi connectivity index (χ4v) is 2.95. The molecule has 0 spiro atoms. The van der Waals surface area contributed by atoms with Crippen molar-refractivity contribution < 1.29 is 22.7 Å². The smallest absolute Gasteiger partial charge is 0.340 e. The van der Waals surface area contributed by atoms with E-state index in [0.29, 0.717) is 10.6 Å². The third-order valence-corrected chi connectivity index (χ3v) is 5.23. The number of benzene rings is 2. The van der Waals surface area contributed by atoms with E-state index in [0.717, 1.165) is 6.07 Å². The zero-order valence-electron chi connectivity index (χ0n) is 13.0. The fraction of sp³-hybridized carbons (Fsp3) is 0.125. The Morgan fingerprint density at radius 2 is 1.72 bits per heavy atom. The van der Waals surface area contributed by atoms with Gasteiger partial charge in [0.1, 0.15) is 0 Å². The van der Waals surface area contributed by atoms with Gasteiger partial charge in [-0.05, 0) is 49.5 Å². The summed E-state index contributed by atoms with van der Waals surface area (Å²) in [5.74, 6) is -1.33. The summed E-state index contributed by atoms with van der Waals surface area (Å²) in [5.41, 5.74) is 0.178. The average molecular weight is 402 g/mol. The summed E-state index contributed by atoms with van der Waals surface area (Å²) in [4.78, 5) is 24.0. The summed E-state index contributed by atoms with van der Waals surface area (Å²) < 4.78 is 30.7. The van der Waals surface area contributed by atoms with Gasteiger partial charge >= 0.3 is 5.97 Å². The van der Waals surface area contributed by atoms with Gasteiger partial charge in [-0.15, -0.1) is 0 Å². The number of carbonyl (C=O) groups is 2. The molecule has 132 valence electrons. The highest BCUT2D eigenvalue weighted by atomic mass is 35.5. The number of nitrogens with one attached hydrogen (secondary N) is 1. The van der Waals surface area contributed by atoms with Gasteiger partial charge in [0, 0.05) is 10.6 Å². The molecule has 0 aliphatic carbocycles. The molecular formula is C16H13Cl2NO5S. The molecule has 0 fully saturated rings. The molecular weight excluding hydrogens is 389 g/mol. The Morgan fingerprint density at radius 3 is 2.32 bits per heavy atom. The molecule has 6 nitrogen and oxygen atoms in total. The topological polar surface area (TPSA) is 89.5 Å². The van der Waals surface area contributed by atoms with Crippen molar-refractivity contribution in [3.63, 3.8) is 0 Å². The van der Waals surface area contributed by atoms with Crippen LogP contribution in [0.25, 0.3) is 0 Å². The second-order valence-corrected chi connectivity index (χ2v) is 7.59. The van der Waals surface area contributed by atoms with Crippen LogP contribution in [-0.2, 0) is 14.8 Å². The van der Waals surface area contributed by atoms with Crippen LogP contribution in [-0.4, -0.2) is 33.8 Å². The lowest BCUT2D eigenvalue weighted by Crippen LogP contribution is -2.19. The van der Waals surface area contributed by atoms with Crippen molar-refractivity contribution in [1.82, 2.24) is 4.72 Å². The number of rotatable bonds is 6. The van der Waals surface area contributed by atoms with Gasteiger partial charge in [-0.1, -0.05) is 23.2 Å². The van der Waals surface area contributed by atoms with Gasteiger partial charge in [0.2, 0.25) is 10.0 Å². The number of esters is 1. The Kier molecular flexibility index (Phi) is 6.18. The molecule has 0 aromatic heterocycles. The van der Waals surface area contributed by atoms with E-state index >= 15 is 0 Å².